The molecule has 96 valence electrons. The summed E-state index contributed by atoms with van der Waals surface area (Å²) in [7, 11) is 0. The third-order valence-electron chi connectivity index (χ3n) is 2.10. The molecular formula is C12H8Cl2N4O. The number of rotatable bonds is 4. The van der Waals surface area contributed by atoms with Gasteiger partial charge in [0, 0.05) is 0 Å². The van der Waals surface area contributed by atoms with E-state index in [2.05, 4.69) is 15.3 Å². The van der Waals surface area contributed by atoms with Gasteiger partial charge in [0.1, 0.15) is 16.8 Å². The Bertz CT molecular complexity index is 600. The van der Waals surface area contributed by atoms with E-state index in [0.717, 1.165) is 0 Å². The topological polar surface area (TPSA) is 70.8 Å². The Morgan fingerprint density at radius 2 is 2.00 bits per heavy atom. The van der Waals surface area contributed by atoms with Crippen molar-refractivity contribution >= 4 is 29.0 Å². The molecule has 1 N–H and O–H groups in total. The van der Waals surface area contributed by atoms with Crippen LogP contribution in [-0.4, -0.2) is 16.2 Å². The van der Waals surface area contributed by atoms with Crippen molar-refractivity contribution in [1.29, 1.82) is 5.26 Å². The number of benzene rings is 1. The van der Waals surface area contributed by atoms with Crippen molar-refractivity contribution in [3.8, 4) is 11.8 Å². The highest BCUT2D eigenvalue weighted by atomic mass is 35.5. The highest BCUT2D eigenvalue weighted by Crippen LogP contribution is 2.21. The zero-order valence-electron chi connectivity index (χ0n) is 9.55. The lowest BCUT2D eigenvalue weighted by Gasteiger charge is -2.14. The lowest BCUT2D eigenvalue weighted by molar-refractivity contribution is 0.284. The molecule has 1 unspecified atom stereocenters. The molecule has 1 atom stereocenters. The molecule has 0 aliphatic rings. The largest absolute Gasteiger partial charge is 0.457 e. The normalized spacial score (nSPS) is 11.4. The summed E-state index contributed by atoms with van der Waals surface area (Å²) in [6, 6.07) is 10.9. The first kappa shape index (κ1) is 13.4. The van der Waals surface area contributed by atoms with Crippen LogP contribution >= 0.6 is 23.2 Å². The number of hydrogen-bond acceptors (Lipinski definition) is 5. The lowest BCUT2D eigenvalue weighted by atomic mass is 10.3. The van der Waals surface area contributed by atoms with Gasteiger partial charge in [-0.05, 0) is 23.7 Å². The number of hydrogen-bond donors (Lipinski definition) is 1. The van der Waals surface area contributed by atoms with Gasteiger partial charge >= 0.3 is 0 Å². The second-order valence-corrected chi connectivity index (χ2v) is 4.17. The molecule has 0 fully saturated rings. The second kappa shape index (κ2) is 6.23. The van der Waals surface area contributed by atoms with Gasteiger partial charge in [0.25, 0.3) is 6.23 Å². The van der Waals surface area contributed by atoms with Gasteiger partial charge in [-0.1, -0.05) is 29.8 Å². The molecule has 5 nitrogen and oxygen atoms in total. The molecule has 0 amide bonds. The SMILES string of the molecule is N#CC(Nc1nc(Cl)ncc1Cl)Oc1ccccc1. The van der Waals surface area contributed by atoms with Crippen molar-refractivity contribution < 1.29 is 4.74 Å². The van der Waals surface area contributed by atoms with Crippen molar-refractivity contribution in [2.75, 3.05) is 5.32 Å². The molecule has 19 heavy (non-hydrogen) atoms. The number of para-hydroxylation sites is 1. The third-order valence-corrected chi connectivity index (χ3v) is 2.56. The van der Waals surface area contributed by atoms with Crippen molar-refractivity contribution in [2.24, 2.45) is 0 Å². The summed E-state index contributed by atoms with van der Waals surface area (Å²) in [5, 5.41) is 12.1. The minimum atomic E-state index is -0.939. The Morgan fingerprint density at radius 3 is 2.68 bits per heavy atom. The van der Waals surface area contributed by atoms with Crippen LogP contribution < -0.4 is 10.1 Å². The Hall–Kier alpha value is -2.03. The molecule has 1 heterocycles. The van der Waals surface area contributed by atoms with Crippen LogP contribution in [-0.2, 0) is 0 Å². The van der Waals surface area contributed by atoms with E-state index in [1.54, 1.807) is 24.3 Å². The van der Waals surface area contributed by atoms with Crippen LogP contribution in [0.2, 0.25) is 10.3 Å². The molecule has 1 aromatic carbocycles. The van der Waals surface area contributed by atoms with Crippen LogP contribution in [0.3, 0.4) is 0 Å². The first-order valence-electron chi connectivity index (χ1n) is 5.25. The number of halogens is 2. The third kappa shape index (κ3) is 3.71. The van der Waals surface area contributed by atoms with Gasteiger partial charge in [-0.15, -0.1) is 0 Å². The summed E-state index contributed by atoms with van der Waals surface area (Å²) in [5.74, 6) is 0.793. The molecule has 7 heteroatoms. The summed E-state index contributed by atoms with van der Waals surface area (Å²) in [4.78, 5) is 7.60. The highest BCUT2D eigenvalue weighted by molar-refractivity contribution is 6.33. The molecule has 0 bridgehead atoms. The van der Waals surface area contributed by atoms with E-state index in [1.807, 2.05) is 12.1 Å². The molecule has 0 spiro atoms. The van der Waals surface area contributed by atoms with Crippen molar-refractivity contribution in [3.63, 3.8) is 0 Å². The smallest absolute Gasteiger partial charge is 0.259 e. The van der Waals surface area contributed by atoms with E-state index in [0.29, 0.717) is 5.75 Å². The van der Waals surface area contributed by atoms with E-state index >= 15 is 0 Å². The fraction of sp³-hybridized carbons (Fsp3) is 0.0833. The van der Waals surface area contributed by atoms with Gasteiger partial charge in [0.2, 0.25) is 5.28 Å². The van der Waals surface area contributed by atoms with Crippen LogP contribution in [0.25, 0.3) is 0 Å². The van der Waals surface area contributed by atoms with Crippen molar-refractivity contribution in [2.45, 2.75) is 6.23 Å². The zero-order chi connectivity index (χ0) is 13.7. The van der Waals surface area contributed by atoms with Crippen LogP contribution in [0, 0.1) is 11.3 Å². The quantitative estimate of drug-likeness (QED) is 0.693. The van der Waals surface area contributed by atoms with Crippen LogP contribution in [0.5, 0.6) is 5.75 Å². The first-order chi connectivity index (χ1) is 9.19. The van der Waals surface area contributed by atoms with E-state index in [-0.39, 0.29) is 16.1 Å². The first-order valence-corrected chi connectivity index (χ1v) is 6.00. The maximum absolute atomic E-state index is 9.05. The molecule has 2 rings (SSSR count). The monoisotopic (exact) mass is 294 g/mol. The van der Waals surface area contributed by atoms with Gasteiger partial charge in [0.15, 0.2) is 5.82 Å². The second-order valence-electron chi connectivity index (χ2n) is 3.42. The standard InChI is InChI=1S/C12H8Cl2N4O/c13-9-7-16-12(14)18-11(9)17-10(6-15)19-8-4-2-1-3-5-8/h1-5,7,10H,(H,16,17,18). The summed E-state index contributed by atoms with van der Waals surface area (Å²) in [6.45, 7) is 0. The average Bonchev–Trinajstić information content (AvgIpc) is 2.43. The van der Waals surface area contributed by atoms with Crippen LogP contribution in [0.4, 0.5) is 5.82 Å². The predicted octanol–water partition coefficient (Wildman–Crippen LogP) is 3.12. The predicted molar refractivity (Wildman–Crippen MR) is 72.1 cm³/mol. The van der Waals surface area contributed by atoms with E-state index in [4.69, 9.17) is 33.2 Å². The molecule has 0 saturated heterocycles. The molecule has 2 aromatic rings. The Morgan fingerprint density at radius 1 is 1.26 bits per heavy atom. The number of nitriles is 1. The van der Waals surface area contributed by atoms with Gasteiger partial charge in [-0.3, -0.25) is 0 Å². The van der Waals surface area contributed by atoms with E-state index in [1.165, 1.54) is 6.20 Å². The molecule has 0 saturated carbocycles. The van der Waals surface area contributed by atoms with Crippen molar-refractivity contribution in [1.82, 2.24) is 9.97 Å². The fourth-order valence-electron chi connectivity index (χ4n) is 1.29. The number of aromatic nitrogens is 2. The molecular weight excluding hydrogens is 287 g/mol. The Kier molecular flexibility index (Phi) is 4.39. The fourth-order valence-corrected chi connectivity index (χ4v) is 1.57. The van der Waals surface area contributed by atoms with E-state index in [9.17, 15) is 0 Å². The minimum absolute atomic E-state index is 0.0308. The molecule has 0 radical (unpaired) electrons. The lowest BCUT2D eigenvalue weighted by Crippen LogP contribution is -2.25. The average molecular weight is 295 g/mol. The molecule has 0 aliphatic heterocycles. The van der Waals surface area contributed by atoms with Crippen LogP contribution in [0.1, 0.15) is 0 Å². The molecule has 1 aromatic heterocycles. The molecule has 0 aliphatic carbocycles. The number of nitrogens with one attached hydrogen (secondary N) is 1. The van der Waals surface area contributed by atoms with Gasteiger partial charge in [-0.25, -0.2) is 4.98 Å². The minimum Gasteiger partial charge on any atom is -0.457 e. The summed E-state index contributed by atoms with van der Waals surface area (Å²) in [6.07, 6.45) is 0.404. The van der Waals surface area contributed by atoms with E-state index < -0.39 is 6.23 Å². The Balaban J connectivity index is 2.12. The maximum atomic E-state index is 9.05. The highest BCUT2D eigenvalue weighted by Gasteiger charge is 2.12. The summed E-state index contributed by atoms with van der Waals surface area (Å²) in [5.41, 5.74) is 0. The van der Waals surface area contributed by atoms with Gasteiger partial charge < -0.3 is 10.1 Å². The summed E-state index contributed by atoms with van der Waals surface area (Å²) < 4.78 is 5.43. The maximum Gasteiger partial charge on any atom is 0.259 e. The van der Waals surface area contributed by atoms with Gasteiger partial charge in [0.05, 0.1) is 6.20 Å². The zero-order valence-corrected chi connectivity index (χ0v) is 11.1. The summed E-state index contributed by atoms with van der Waals surface area (Å²) >= 11 is 11.5. The van der Waals surface area contributed by atoms with Gasteiger partial charge in [-0.2, -0.15) is 10.2 Å². The van der Waals surface area contributed by atoms with Crippen molar-refractivity contribution in [3.05, 3.63) is 46.8 Å². The number of anilines is 1. The Labute approximate surface area is 119 Å². The number of nitrogens with zero attached hydrogens (tertiary/aromatic N) is 3. The van der Waals surface area contributed by atoms with Crippen LogP contribution in [0.15, 0.2) is 36.5 Å². The number of ether oxygens (including phenoxy) is 1.